The molecule has 7 nitrogen and oxygen atoms in total. The summed E-state index contributed by atoms with van der Waals surface area (Å²) in [4.78, 5) is 24.7. The van der Waals surface area contributed by atoms with Gasteiger partial charge < -0.3 is 11.1 Å². The van der Waals surface area contributed by atoms with Crippen LogP contribution < -0.4 is 11.1 Å². The molecule has 1 aliphatic heterocycles. The predicted octanol–water partition coefficient (Wildman–Crippen LogP) is 2.19. The van der Waals surface area contributed by atoms with Crippen molar-refractivity contribution in [3.63, 3.8) is 0 Å². The number of nitrogens with zero attached hydrogens (tertiary/aromatic N) is 1. The van der Waals surface area contributed by atoms with Gasteiger partial charge in [0, 0.05) is 17.6 Å². The number of rotatable bonds is 6. The van der Waals surface area contributed by atoms with E-state index in [0.29, 0.717) is 23.1 Å². The Hall–Kier alpha value is -2.23. The van der Waals surface area contributed by atoms with E-state index in [1.165, 1.54) is 22.5 Å². The van der Waals surface area contributed by atoms with Gasteiger partial charge in [-0.05, 0) is 52.5 Å². The van der Waals surface area contributed by atoms with Crippen LogP contribution in [0.5, 0.6) is 0 Å². The minimum Gasteiger partial charge on any atom is -0.368 e. The van der Waals surface area contributed by atoms with Gasteiger partial charge >= 0.3 is 0 Å². The number of benzene rings is 2. The number of amides is 2. The number of primary amides is 1. The number of halogens is 1. The summed E-state index contributed by atoms with van der Waals surface area (Å²) in [5.74, 6) is -1.31. The maximum atomic E-state index is 12.8. The minimum atomic E-state index is -3.67. The van der Waals surface area contributed by atoms with E-state index in [2.05, 4.69) is 21.2 Å². The van der Waals surface area contributed by atoms with Gasteiger partial charge in [-0.25, -0.2) is 8.42 Å². The van der Waals surface area contributed by atoms with Crippen molar-refractivity contribution < 1.29 is 18.0 Å². The Kier molecular flexibility index (Phi) is 6.17. The molecule has 3 N–H and O–H groups in total. The fourth-order valence-corrected chi connectivity index (χ4v) is 5.06. The zero-order valence-corrected chi connectivity index (χ0v) is 17.4. The molecule has 0 spiro atoms. The maximum Gasteiger partial charge on any atom is 0.253 e. The van der Waals surface area contributed by atoms with Gasteiger partial charge in [0.05, 0.1) is 10.5 Å². The highest BCUT2D eigenvalue weighted by atomic mass is 79.9. The van der Waals surface area contributed by atoms with E-state index in [-0.39, 0.29) is 10.5 Å². The largest absolute Gasteiger partial charge is 0.368 e. The summed E-state index contributed by atoms with van der Waals surface area (Å²) in [6.45, 7) is 0.940. The molecule has 0 bridgehead atoms. The van der Waals surface area contributed by atoms with Crippen LogP contribution in [-0.2, 0) is 14.8 Å². The fourth-order valence-electron chi connectivity index (χ4n) is 3.09. The van der Waals surface area contributed by atoms with Gasteiger partial charge in [-0.15, -0.1) is 0 Å². The van der Waals surface area contributed by atoms with Crippen molar-refractivity contribution >= 4 is 37.8 Å². The van der Waals surface area contributed by atoms with Gasteiger partial charge in [-0.3, -0.25) is 9.59 Å². The number of nitrogens with two attached hydrogens (primary N) is 1. The lowest BCUT2D eigenvalue weighted by molar-refractivity contribution is -0.120. The first-order valence-electron chi connectivity index (χ1n) is 8.75. The van der Waals surface area contributed by atoms with E-state index < -0.39 is 27.9 Å². The summed E-state index contributed by atoms with van der Waals surface area (Å²) in [7, 11) is -3.67. The van der Waals surface area contributed by atoms with Crippen LogP contribution in [0.1, 0.15) is 34.8 Å². The molecule has 0 aliphatic carbocycles. The van der Waals surface area contributed by atoms with Crippen molar-refractivity contribution in [2.45, 2.75) is 23.8 Å². The molecule has 2 aromatic rings. The van der Waals surface area contributed by atoms with Crippen LogP contribution in [0.2, 0.25) is 0 Å². The highest BCUT2D eigenvalue weighted by Crippen LogP contribution is 2.26. The third-order valence-electron chi connectivity index (χ3n) is 4.58. The van der Waals surface area contributed by atoms with Crippen LogP contribution in [0, 0.1) is 0 Å². The van der Waals surface area contributed by atoms with Crippen molar-refractivity contribution in [2.75, 3.05) is 13.1 Å². The van der Waals surface area contributed by atoms with Crippen molar-refractivity contribution in [3.8, 4) is 0 Å². The second kappa shape index (κ2) is 8.42. The second-order valence-electron chi connectivity index (χ2n) is 6.47. The van der Waals surface area contributed by atoms with Crippen molar-refractivity contribution in [1.82, 2.24) is 9.62 Å². The first-order valence-corrected chi connectivity index (χ1v) is 11.0. The standard InChI is InChI=1S/C19H20BrN3O4S/c20-16-9-8-14(28(26,27)23-10-4-5-11-23)12-15(16)19(25)22-17(18(21)24)13-6-2-1-3-7-13/h1-3,6-9,12,17H,4-5,10-11H2,(H2,21,24)(H,22,25). The van der Waals surface area contributed by atoms with Crippen LogP contribution in [0.4, 0.5) is 0 Å². The normalized spacial score (nSPS) is 15.9. The number of carbonyl (C=O) groups is 2. The highest BCUT2D eigenvalue weighted by Gasteiger charge is 2.29. The van der Waals surface area contributed by atoms with Gasteiger partial charge in [-0.2, -0.15) is 4.31 Å². The molecule has 0 aromatic heterocycles. The second-order valence-corrected chi connectivity index (χ2v) is 9.26. The van der Waals surface area contributed by atoms with Crippen LogP contribution >= 0.6 is 15.9 Å². The Morgan fingerprint density at radius 3 is 2.32 bits per heavy atom. The molecule has 28 heavy (non-hydrogen) atoms. The van der Waals surface area contributed by atoms with Crippen molar-refractivity contribution in [3.05, 3.63) is 64.1 Å². The lowest BCUT2D eigenvalue weighted by atomic mass is 10.1. The highest BCUT2D eigenvalue weighted by molar-refractivity contribution is 9.10. The van der Waals surface area contributed by atoms with Crippen LogP contribution in [-0.4, -0.2) is 37.6 Å². The molecule has 9 heteroatoms. The number of sulfonamides is 1. The fraction of sp³-hybridized carbons (Fsp3) is 0.263. The predicted molar refractivity (Wildman–Crippen MR) is 108 cm³/mol. The molecule has 1 unspecified atom stereocenters. The van der Waals surface area contributed by atoms with E-state index in [9.17, 15) is 18.0 Å². The molecule has 0 radical (unpaired) electrons. The van der Waals surface area contributed by atoms with Gasteiger partial charge in [0.15, 0.2) is 0 Å². The minimum absolute atomic E-state index is 0.0399. The number of nitrogens with one attached hydrogen (secondary N) is 1. The van der Waals surface area contributed by atoms with E-state index in [0.717, 1.165) is 12.8 Å². The molecule has 1 saturated heterocycles. The molecular weight excluding hydrogens is 446 g/mol. The first kappa shape index (κ1) is 20.5. The zero-order chi connectivity index (χ0) is 20.3. The van der Waals surface area contributed by atoms with Gasteiger partial charge in [0.1, 0.15) is 6.04 Å². The Balaban J connectivity index is 1.90. The molecule has 1 aliphatic rings. The number of hydrogen-bond acceptors (Lipinski definition) is 4. The average molecular weight is 466 g/mol. The smallest absolute Gasteiger partial charge is 0.253 e. The van der Waals surface area contributed by atoms with Gasteiger partial charge in [0.2, 0.25) is 15.9 Å². The van der Waals surface area contributed by atoms with E-state index in [1.807, 2.05) is 0 Å². The quantitative estimate of drug-likeness (QED) is 0.680. The molecular formula is C19H20BrN3O4S. The number of hydrogen-bond donors (Lipinski definition) is 2. The molecule has 1 atom stereocenters. The monoisotopic (exact) mass is 465 g/mol. The maximum absolute atomic E-state index is 12.8. The Bertz CT molecular complexity index is 989. The SMILES string of the molecule is NC(=O)C(NC(=O)c1cc(S(=O)(=O)N2CCCC2)ccc1Br)c1ccccc1. The Morgan fingerprint density at radius 1 is 1.07 bits per heavy atom. The lowest BCUT2D eigenvalue weighted by Gasteiger charge is -2.18. The molecule has 2 amide bonds. The third kappa shape index (κ3) is 4.26. The summed E-state index contributed by atoms with van der Waals surface area (Å²) in [5, 5.41) is 2.59. The van der Waals surface area contributed by atoms with Crippen molar-refractivity contribution in [2.24, 2.45) is 5.73 Å². The molecule has 148 valence electrons. The molecule has 2 aromatic carbocycles. The summed E-state index contributed by atoms with van der Waals surface area (Å²) in [6.07, 6.45) is 1.64. The molecule has 1 heterocycles. The Labute approximate surface area is 172 Å². The molecule has 3 rings (SSSR count). The molecule has 0 saturated carbocycles. The summed E-state index contributed by atoms with van der Waals surface area (Å²) in [6, 6.07) is 11.9. The Morgan fingerprint density at radius 2 is 1.71 bits per heavy atom. The lowest BCUT2D eigenvalue weighted by Crippen LogP contribution is -2.37. The summed E-state index contributed by atoms with van der Waals surface area (Å²) >= 11 is 3.28. The van der Waals surface area contributed by atoms with Crippen molar-refractivity contribution in [1.29, 1.82) is 0 Å². The van der Waals surface area contributed by atoms with Gasteiger partial charge in [-0.1, -0.05) is 30.3 Å². The van der Waals surface area contributed by atoms with Crippen LogP contribution in [0.15, 0.2) is 57.9 Å². The first-order chi connectivity index (χ1) is 13.3. The zero-order valence-electron chi connectivity index (χ0n) is 15.0. The van der Waals surface area contributed by atoms with Crippen LogP contribution in [0.25, 0.3) is 0 Å². The summed E-state index contributed by atoms with van der Waals surface area (Å²) in [5.41, 5.74) is 6.10. The third-order valence-corrected chi connectivity index (χ3v) is 7.16. The summed E-state index contributed by atoms with van der Waals surface area (Å²) < 4.78 is 27.4. The average Bonchev–Trinajstić information content (AvgIpc) is 3.22. The van der Waals surface area contributed by atoms with E-state index >= 15 is 0 Å². The molecule has 1 fully saturated rings. The topological polar surface area (TPSA) is 110 Å². The van der Waals surface area contributed by atoms with Crippen LogP contribution in [0.3, 0.4) is 0 Å². The van der Waals surface area contributed by atoms with E-state index in [1.54, 1.807) is 30.3 Å². The number of carbonyl (C=O) groups excluding carboxylic acids is 2. The van der Waals surface area contributed by atoms with Gasteiger partial charge in [0.25, 0.3) is 5.91 Å². The van der Waals surface area contributed by atoms with E-state index in [4.69, 9.17) is 5.73 Å².